The number of benzene rings is 1. The van der Waals surface area contributed by atoms with Gasteiger partial charge in [0.1, 0.15) is 0 Å². The van der Waals surface area contributed by atoms with Gasteiger partial charge in [0.25, 0.3) is 0 Å². The average Bonchev–Trinajstić information content (AvgIpc) is 3.07. The Morgan fingerprint density at radius 2 is 2.00 bits per heavy atom. The van der Waals surface area contributed by atoms with Crippen LogP contribution in [0.5, 0.6) is 5.88 Å². The number of rotatable bonds is 4. The van der Waals surface area contributed by atoms with E-state index in [1.165, 1.54) is 37.2 Å². The minimum Gasteiger partial charge on any atom is -0.481 e. The number of aliphatic imine (C=N–C) groups is 1. The summed E-state index contributed by atoms with van der Waals surface area (Å²) < 4.78 is 5.04. The third kappa shape index (κ3) is 3.27. The lowest BCUT2D eigenvalue weighted by atomic mass is 10.1. The summed E-state index contributed by atoms with van der Waals surface area (Å²) in [4.78, 5) is 11.1. The van der Waals surface area contributed by atoms with Gasteiger partial charge in [0.15, 0.2) is 0 Å². The van der Waals surface area contributed by atoms with Gasteiger partial charge in [-0.15, -0.1) is 0 Å². The minimum absolute atomic E-state index is 0.602. The highest BCUT2D eigenvalue weighted by Gasteiger charge is 2.13. The van der Waals surface area contributed by atoms with E-state index in [2.05, 4.69) is 40.0 Å². The Bertz CT molecular complexity index is 659. The molecule has 0 unspecified atom stereocenters. The number of hydrogen-bond donors (Lipinski definition) is 0. The van der Waals surface area contributed by atoms with Crippen LogP contribution in [0.1, 0.15) is 24.0 Å². The summed E-state index contributed by atoms with van der Waals surface area (Å²) in [5.74, 6) is 0.602. The number of aromatic nitrogens is 1. The Labute approximate surface area is 131 Å². The van der Waals surface area contributed by atoms with Gasteiger partial charge >= 0.3 is 0 Å². The summed E-state index contributed by atoms with van der Waals surface area (Å²) in [5.41, 5.74) is 4.58. The molecule has 22 heavy (non-hydrogen) atoms. The van der Waals surface area contributed by atoms with Crippen molar-refractivity contribution < 1.29 is 4.74 Å². The van der Waals surface area contributed by atoms with Crippen LogP contribution in [0.4, 0.5) is 11.4 Å². The maximum absolute atomic E-state index is 5.04. The molecular formula is C18H21N3O. The molecule has 114 valence electrons. The molecule has 0 spiro atoms. The third-order valence-corrected chi connectivity index (χ3v) is 3.96. The molecule has 1 aliphatic rings. The molecule has 2 heterocycles. The zero-order valence-corrected chi connectivity index (χ0v) is 13.1. The predicted molar refractivity (Wildman–Crippen MR) is 90.7 cm³/mol. The van der Waals surface area contributed by atoms with Crippen LogP contribution in [0, 0.1) is 6.92 Å². The highest BCUT2D eigenvalue weighted by atomic mass is 16.5. The second-order valence-electron chi connectivity index (χ2n) is 5.56. The van der Waals surface area contributed by atoms with E-state index in [0.717, 1.165) is 11.3 Å². The van der Waals surface area contributed by atoms with E-state index in [9.17, 15) is 0 Å². The first kappa shape index (κ1) is 14.6. The maximum Gasteiger partial charge on any atom is 0.213 e. The van der Waals surface area contributed by atoms with Crippen molar-refractivity contribution in [1.29, 1.82) is 0 Å². The van der Waals surface area contributed by atoms with Gasteiger partial charge in [0.2, 0.25) is 5.88 Å². The highest BCUT2D eigenvalue weighted by molar-refractivity contribution is 5.83. The Kier molecular flexibility index (Phi) is 4.37. The first-order valence-electron chi connectivity index (χ1n) is 7.66. The van der Waals surface area contributed by atoms with Gasteiger partial charge in [-0.2, -0.15) is 0 Å². The van der Waals surface area contributed by atoms with Crippen LogP contribution in [-0.4, -0.2) is 31.4 Å². The number of methoxy groups -OCH3 is 1. The van der Waals surface area contributed by atoms with Gasteiger partial charge in [-0.3, -0.25) is 4.99 Å². The van der Waals surface area contributed by atoms with E-state index >= 15 is 0 Å². The molecule has 3 rings (SSSR count). The summed E-state index contributed by atoms with van der Waals surface area (Å²) in [5, 5.41) is 0. The van der Waals surface area contributed by atoms with Gasteiger partial charge in [0.05, 0.1) is 19.0 Å². The predicted octanol–water partition coefficient (Wildman–Crippen LogP) is 3.75. The number of aryl methyl sites for hydroxylation is 1. The third-order valence-electron chi connectivity index (χ3n) is 3.96. The van der Waals surface area contributed by atoms with Crippen LogP contribution in [0.25, 0.3) is 0 Å². The standard InChI is InChI=1S/C18H21N3O/c1-14-11-15(5-7-17(14)21-9-3-4-10-21)12-19-16-6-8-18(22-2)20-13-16/h5-8,11-13H,3-4,9-10H2,1-2H3. The SMILES string of the molecule is COc1ccc(N=Cc2ccc(N3CCCC3)c(C)c2)cn1. The molecule has 1 fully saturated rings. The van der Waals surface area contributed by atoms with Crippen molar-refractivity contribution in [2.24, 2.45) is 4.99 Å². The number of anilines is 1. The minimum atomic E-state index is 0.602. The zero-order chi connectivity index (χ0) is 15.4. The summed E-state index contributed by atoms with van der Waals surface area (Å²) in [6.07, 6.45) is 6.19. The van der Waals surface area contributed by atoms with Crippen LogP contribution < -0.4 is 9.64 Å². The summed E-state index contributed by atoms with van der Waals surface area (Å²) in [6, 6.07) is 10.2. The van der Waals surface area contributed by atoms with Crippen molar-refractivity contribution in [2.45, 2.75) is 19.8 Å². The Balaban J connectivity index is 1.74. The monoisotopic (exact) mass is 295 g/mol. The molecule has 1 aliphatic heterocycles. The van der Waals surface area contributed by atoms with Crippen molar-refractivity contribution in [3.63, 3.8) is 0 Å². The largest absolute Gasteiger partial charge is 0.481 e. The number of ether oxygens (including phenoxy) is 1. The van der Waals surface area contributed by atoms with E-state index in [4.69, 9.17) is 4.74 Å². The Hall–Kier alpha value is -2.36. The molecule has 1 aromatic carbocycles. The van der Waals surface area contributed by atoms with Gasteiger partial charge in [-0.05, 0) is 49.1 Å². The van der Waals surface area contributed by atoms with Gasteiger partial charge in [-0.25, -0.2) is 4.98 Å². The molecule has 1 saturated heterocycles. The molecule has 4 nitrogen and oxygen atoms in total. The van der Waals surface area contributed by atoms with Crippen LogP contribution >= 0.6 is 0 Å². The van der Waals surface area contributed by atoms with E-state index in [-0.39, 0.29) is 0 Å². The molecule has 0 atom stereocenters. The smallest absolute Gasteiger partial charge is 0.213 e. The molecule has 0 saturated carbocycles. The Morgan fingerprint density at radius 3 is 2.64 bits per heavy atom. The number of hydrogen-bond acceptors (Lipinski definition) is 4. The van der Waals surface area contributed by atoms with Gasteiger partial charge < -0.3 is 9.64 Å². The number of nitrogens with zero attached hydrogens (tertiary/aromatic N) is 3. The second-order valence-corrected chi connectivity index (χ2v) is 5.56. The first-order valence-corrected chi connectivity index (χ1v) is 7.66. The van der Waals surface area contributed by atoms with E-state index in [0.29, 0.717) is 5.88 Å². The van der Waals surface area contributed by atoms with Crippen LogP contribution in [0.15, 0.2) is 41.5 Å². The van der Waals surface area contributed by atoms with Crippen molar-refractivity contribution >= 4 is 17.6 Å². The summed E-state index contributed by atoms with van der Waals surface area (Å²) >= 11 is 0. The fourth-order valence-corrected chi connectivity index (χ4v) is 2.79. The lowest BCUT2D eigenvalue weighted by molar-refractivity contribution is 0.398. The van der Waals surface area contributed by atoms with E-state index in [1.807, 2.05) is 18.3 Å². The fourth-order valence-electron chi connectivity index (χ4n) is 2.79. The molecule has 0 N–H and O–H groups in total. The summed E-state index contributed by atoms with van der Waals surface area (Å²) in [7, 11) is 1.61. The van der Waals surface area contributed by atoms with E-state index in [1.54, 1.807) is 13.3 Å². The maximum atomic E-state index is 5.04. The van der Waals surface area contributed by atoms with Crippen molar-refractivity contribution in [3.8, 4) is 5.88 Å². The second kappa shape index (κ2) is 6.60. The molecule has 0 aliphatic carbocycles. The summed E-state index contributed by atoms with van der Waals surface area (Å²) in [6.45, 7) is 4.51. The fraction of sp³-hybridized carbons (Fsp3) is 0.333. The molecule has 0 bridgehead atoms. The molecular weight excluding hydrogens is 274 g/mol. The molecule has 1 aromatic heterocycles. The average molecular weight is 295 g/mol. The highest BCUT2D eigenvalue weighted by Crippen LogP contribution is 2.25. The van der Waals surface area contributed by atoms with Gasteiger partial charge in [0, 0.05) is 31.1 Å². The zero-order valence-electron chi connectivity index (χ0n) is 13.1. The van der Waals surface area contributed by atoms with Crippen LogP contribution in [-0.2, 0) is 0 Å². The topological polar surface area (TPSA) is 37.7 Å². The molecule has 0 radical (unpaired) electrons. The van der Waals surface area contributed by atoms with E-state index < -0.39 is 0 Å². The Morgan fingerprint density at radius 1 is 1.18 bits per heavy atom. The number of pyridine rings is 1. The molecule has 0 amide bonds. The van der Waals surface area contributed by atoms with Gasteiger partial charge in [-0.1, -0.05) is 6.07 Å². The van der Waals surface area contributed by atoms with Crippen molar-refractivity contribution in [2.75, 3.05) is 25.1 Å². The van der Waals surface area contributed by atoms with Crippen LogP contribution in [0.2, 0.25) is 0 Å². The molecule has 4 heteroatoms. The lowest BCUT2D eigenvalue weighted by Crippen LogP contribution is -2.18. The first-order chi connectivity index (χ1) is 10.8. The quantitative estimate of drug-likeness (QED) is 0.806. The lowest BCUT2D eigenvalue weighted by Gasteiger charge is -2.20. The normalized spacial score (nSPS) is 14.7. The molecule has 2 aromatic rings. The van der Waals surface area contributed by atoms with Crippen LogP contribution in [0.3, 0.4) is 0 Å². The van der Waals surface area contributed by atoms with Crippen molar-refractivity contribution in [3.05, 3.63) is 47.7 Å². The van der Waals surface area contributed by atoms with Crippen molar-refractivity contribution in [1.82, 2.24) is 4.98 Å².